The van der Waals surface area contributed by atoms with E-state index in [9.17, 15) is 4.79 Å². The Morgan fingerprint density at radius 3 is 2.31 bits per heavy atom. The number of hydrogen-bond donors (Lipinski definition) is 3. The quantitative estimate of drug-likeness (QED) is 0.368. The molecule has 1 fully saturated rings. The van der Waals surface area contributed by atoms with E-state index in [1.54, 1.807) is 0 Å². The van der Waals surface area contributed by atoms with Crippen LogP contribution in [0.3, 0.4) is 0 Å². The first-order chi connectivity index (χ1) is 16.8. The number of amidine groups is 1. The fourth-order valence-corrected chi connectivity index (χ4v) is 4.63. The zero-order chi connectivity index (χ0) is 25.2. The van der Waals surface area contributed by atoms with Gasteiger partial charge in [0.1, 0.15) is 6.61 Å². The second-order valence-electron chi connectivity index (χ2n) is 8.65. The number of fused-ring (bicyclic) bond motifs is 1. The lowest BCUT2D eigenvalue weighted by Gasteiger charge is -2.36. The van der Waals surface area contributed by atoms with E-state index in [1.807, 2.05) is 42.5 Å². The maximum Gasteiger partial charge on any atom is 0.407 e. The van der Waals surface area contributed by atoms with Crippen LogP contribution in [0.5, 0.6) is 0 Å². The first-order valence-electron chi connectivity index (χ1n) is 11.5. The number of carbonyl (C=O) groups excluding carboxylic acids is 2. The highest BCUT2D eigenvalue weighted by Gasteiger charge is 2.33. The van der Waals surface area contributed by atoms with Crippen LogP contribution in [0.2, 0.25) is 0 Å². The zero-order valence-corrected chi connectivity index (χ0v) is 19.3. The standard InChI is InChI=1S/C26H29N3O2.CH2O3/c27-25(28)24-14-19(16-29-26(30)31-17-18-6-2-1-3-7-18)10-13-23(24)22-12-11-20-8-4-5-9-21(20)15-22;2-1(3)4/h1-9,11-12,15,19,23-24H,10,13-14,16-17H2,(H3,27,28)(H,29,30);(H2,2,3,4)/p-2. The molecule has 3 unspecified atom stereocenters. The number of carbonyl (C=O) groups is 2. The van der Waals surface area contributed by atoms with E-state index in [-0.39, 0.29) is 30.2 Å². The van der Waals surface area contributed by atoms with Gasteiger partial charge in [0.15, 0.2) is 0 Å². The Hall–Kier alpha value is -4.07. The molecule has 0 aliphatic heterocycles. The molecule has 0 spiro atoms. The van der Waals surface area contributed by atoms with Gasteiger partial charge in [-0.1, -0.05) is 72.8 Å². The van der Waals surface area contributed by atoms with Gasteiger partial charge in [-0.2, -0.15) is 0 Å². The molecule has 184 valence electrons. The molecule has 3 atom stereocenters. The molecule has 4 N–H and O–H groups in total. The van der Waals surface area contributed by atoms with Crippen molar-refractivity contribution in [2.24, 2.45) is 17.6 Å². The molecule has 8 heteroatoms. The number of amides is 1. The van der Waals surface area contributed by atoms with Crippen molar-refractivity contribution in [2.75, 3.05) is 6.54 Å². The van der Waals surface area contributed by atoms with E-state index in [0.29, 0.717) is 6.54 Å². The molecule has 0 radical (unpaired) electrons. The third-order valence-electron chi connectivity index (χ3n) is 6.31. The van der Waals surface area contributed by atoms with E-state index in [2.05, 4.69) is 35.6 Å². The van der Waals surface area contributed by atoms with Crippen LogP contribution in [0.4, 0.5) is 9.59 Å². The van der Waals surface area contributed by atoms with Gasteiger partial charge in [0.05, 0.1) is 5.84 Å². The fraction of sp³-hybridized carbons (Fsp3) is 0.296. The number of ether oxygens (including phenoxy) is 1. The van der Waals surface area contributed by atoms with Crippen molar-refractivity contribution in [1.82, 2.24) is 5.32 Å². The number of rotatable bonds is 6. The zero-order valence-electron chi connectivity index (χ0n) is 19.3. The Morgan fingerprint density at radius 1 is 0.971 bits per heavy atom. The van der Waals surface area contributed by atoms with Crippen LogP contribution < -0.4 is 21.3 Å². The smallest absolute Gasteiger partial charge is 0.407 e. The molecule has 35 heavy (non-hydrogen) atoms. The van der Waals surface area contributed by atoms with Crippen molar-refractivity contribution in [3.05, 3.63) is 83.9 Å². The van der Waals surface area contributed by atoms with Crippen LogP contribution in [-0.4, -0.2) is 24.6 Å². The molecule has 1 aliphatic carbocycles. The normalized spacial score (nSPS) is 19.1. The topological polar surface area (TPSA) is 151 Å². The molecule has 3 aromatic carbocycles. The van der Waals surface area contributed by atoms with E-state index in [0.717, 1.165) is 24.8 Å². The SMILES string of the molecule is N=C(N)C1CC(CNC(=O)OCc2ccccc2)CCC1c1ccc2ccccc2c1.O=C([O-])[O-]. The fourth-order valence-electron chi connectivity index (χ4n) is 4.63. The molecule has 0 aromatic heterocycles. The van der Waals surface area contributed by atoms with Crippen molar-refractivity contribution in [1.29, 1.82) is 5.41 Å². The summed E-state index contributed by atoms with van der Waals surface area (Å²) in [5.41, 5.74) is 8.22. The number of nitrogens with two attached hydrogens (primary N) is 1. The molecule has 0 bridgehead atoms. The predicted molar refractivity (Wildman–Crippen MR) is 129 cm³/mol. The molecule has 3 aromatic rings. The molecule has 0 heterocycles. The van der Waals surface area contributed by atoms with Gasteiger partial charge in [-0.15, -0.1) is 0 Å². The van der Waals surface area contributed by atoms with Crippen molar-refractivity contribution in [3.8, 4) is 0 Å². The summed E-state index contributed by atoms with van der Waals surface area (Å²) >= 11 is 0. The maximum atomic E-state index is 12.1. The summed E-state index contributed by atoms with van der Waals surface area (Å²) in [5, 5.41) is 30.2. The minimum Gasteiger partial charge on any atom is -0.652 e. The molecular weight excluding hydrogens is 446 g/mol. The van der Waals surface area contributed by atoms with Gasteiger partial charge in [-0.25, -0.2) is 4.79 Å². The highest BCUT2D eigenvalue weighted by molar-refractivity contribution is 5.84. The average molecular weight is 476 g/mol. The van der Waals surface area contributed by atoms with Crippen molar-refractivity contribution in [2.45, 2.75) is 31.8 Å². The summed E-state index contributed by atoms with van der Waals surface area (Å²) < 4.78 is 5.31. The van der Waals surface area contributed by atoms with Crippen LogP contribution in [0, 0.1) is 17.2 Å². The molecule has 8 nitrogen and oxygen atoms in total. The summed E-state index contributed by atoms with van der Waals surface area (Å²) in [7, 11) is 0. The first kappa shape index (κ1) is 25.6. The monoisotopic (exact) mass is 475 g/mol. The summed E-state index contributed by atoms with van der Waals surface area (Å²) in [5.74, 6) is 0.745. The largest absolute Gasteiger partial charge is 0.652 e. The van der Waals surface area contributed by atoms with E-state index in [4.69, 9.17) is 30.9 Å². The third-order valence-corrected chi connectivity index (χ3v) is 6.31. The Balaban J connectivity index is 0.000000795. The Morgan fingerprint density at radius 2 is 1.63 bits per heavy atom. The number of benzene rings is 3. The number of nitrogens with one attached hydrogen (secondary N) is 2. The van der Waals surface area contributed by atoms with Gasteiger partial charge in [-0.05, 0) is 59.2 Å². The number of carboxylic acid groups (broad SMARTS) is 2. The minimum atomic E-state index is -2.33. The molecule has 1 amide bonds. The Kier molecular flexibility index (Phi) is 9.06. The van der Waals surface area contributed by atoms with Gasteiger partial charge in [-0.3, -0.25) is 5.41 Å². The highest BCUT2D eigenvalue weighted by atomic mass is 16.6. The molecule has 1 saturated carbocycles. The van der Waals surface area contributed by atoms with Crippen LogP contribution in [-0.2, 0) is 11.3 Å². The number of hydrogen-bond acceptors (Lipinski definition) is 6. The third kappa shape index (κ3) is 7.74. The summed E-state index contributed by atoms with van der Waals surface area (Å²) in [6.45, 7) is 0.805. The summed E-state index contributed by atoms with van der Waals surface area (Å²) in [4.78, 5) is 20.4. The number of alkyl carbamates (subject to hydrolysis) is 1. The van der Waals surface area contributed by atoms with Crippen LogP contribution in [0.25, 0.3) is 10.8 Å². The van der Waals surface area contributed by atoms with Crippen LogP contribution in [0.15, 0.2) is 72.8 Å². The lowest BCUT2D eigenvalue weighted by atomic mass is 9.70. The summed E-state index contributed by atoms with van der Waals surface area (Å²) in [6, 6.07) is 24.5. The second-order valence-corrected chi connectivity index (χ2v) is 8.65. The van der Waals surface area contributed by atoms with Crippen molar-refractivity contribution in [3.63, 3.8) is 0 Å². The lowest BCUT2D eigenvalue weighted by Crippen LogP contribution is -2.38. The maximum absolute atomic E-state index is 12.1. The Bertz CT molecular complexity index is 1150. The van der Waals surface area contributed by atoms with Gasteiger partial charge in [0.25, 0.3) is 0 Å². The highest BCUT2D eigenvalue weighted by Crippen LogP contribution is 2.41. The van der Waals surface area contributed by atoms with Crippen LogP contribution >= 0.6 is 0 Å². The summed E-state index contributed by atoms with van der Waals surface area (Å²) in [6.07, 6.45) is -0.0000833. The van der Waals surface area contributed by atoms with E-state index >= 15 is 0 Å². The van der Waals surface area contributed by atoms with Gasteiger partial charge in [0.2, 0.25) is 0 Å². The lowest BCUT2D eigenvalue weighted by molar-refractivity contribution is -0.415. The van der Waals surface area contributed by atoms with Crippen molar-refractivity contribution >= 4 is 28.9 Å². The van der Waals surface area contributed by atoms with E-state index in [1.165, 1.54) is 16.3 Å². The predicted octanol–water partition coefficient (Wildman–Crippen LogP) is 2.76. The van der Waals surface area contributed by atoms with E-state index < -0.39 is 12.2 Å². The van der Waals surface area contributed by atoms with Gasteiger partial charge >= 0.3 is 6.09 Å². The molecule has 0 saturated heterocycles. The molecular formula is C27H29N3O5-2. The Labute approximate surface area is 204 Å². The average Bonchev–Trinajstić information content (AvgIpc) is 2.86. The van der Waals surface area contributed by atoms with Crippen LogP contribution in [0.1, 0.15) is 36.3 Å². The first-order valence-corrected chi connectivity index (χ1v) is 11.5. The molecule has 4 rings (SSSR count). The minimum absolute atomic E-state index is 0.0120. The van der Waals surface area contributed by atoms with Gasteiger partial charge in [0, 0.05) is 12.5 Å². The second kappa shape index (κ2) is 12.4. The van der Waals surface area contributed by atoms with Gasteiger partial charge < -0.3 is 30.8 Å². The molecule has 1 aliphatic rings. The van der Waals surface area contributed by atoms with Crippen molar-refractivity contribution < 1.29 is 24.5 Å².